The standard InChI is InChI=1S/C68H44N2O/c1-4-20-45(21-5-1)48-36-39-65-60(42-48)68-67(57-32-16-19-35-66(57)71-68)70(65)62-34-18-15-31-56(62)55-30-14-17-33-61(55)69-63-40-37-49(53-28-12-10-26-51(53)46-22-6-2-7-23-46)43-58(63)59-44-50(38-41-64(59)69)54-29-13-11-27-52(54)47-24-8-3-9-25-47/h1-44H. The molecule has 0 spiro atoms. The molecule has 3 nitrogen and oxygen atoms in total. The van der Waals surface area contributed by atoms with Crippen molar-refractivity contribution < 1.29 is 4.42 Å². The molecular weight excluding hydrogens is 861 g/mol. The SMILES string of the molecule is c1ccc(-c2ccc3c(c2)c2oc4ccccc4c2n3-c2ccccc2-c2ccccc2-n2c3ccc(-c4ccccc4-c4ccccc4)cc3c3cc(-c4ccccc4-c4ccccc4)ccc32)cc1. The van der Waals surface area contributed by atoms with Crippen molar-refractivity contribution in [3.05, 3.63) is 267 Å². The molecule has 0 amide bonds. The van der Waals surface area contributed by atoms with E-state index in [1.54, 1.807) is 0 Å². The van der Waals surface area contributed by atoms with Crippen molar-refractivity contribution in [2.24, 2.45) is 0 Å². The Kier molecular flexibility index (Phi) is 9.53. The highest BCUT2D eigenvalue weighted by Gasteiger charge is 2.24. The predicted molar refractivity (Wildman–Crippen MR) is 298 cm³/mol. The average molecular weight is 905 g/mol. The van der Waals surface area contributed by atoms with Crippen molar-refractivity contribution in [2.45, 2.75) is 0 Å². The molecule has 3 heterocycles. The first kappa shape index (κ1) is 40.6. The van der Waals surface area contributed by atoms with Gasteiger partial charge in [-0.1, -0.05) is 206 Å². The second-order valence-corrected chi connectivity index (χ2v) is 18.4. The molecule has 11 aromatic carbocycles. The molecule has 0 unspecified atom stereocenters. The number of para-hydroxylation sites is 3. The van der Waals surface area contributed by atoms with E-state index < -0.39 is 0 Å². The molecule has 0 saturated heterocycles. The van der Waals surface area contributed by atoms with Crippen LogP contribution >= 0.6 is 0 Å². The zero-order valence-electron chi connectivity index (χ0n) is 38.7. The van der Waals surface area contributed by atoms with Gasteiger partial charge in [-0.2, -0.15) is 0 Å². The van der Waals surface area contributed by atoms with Crippen molar-refractivity contribution in [3.8, 4) is 78.1 Å². The van der Waals surface area contributed by atoms with Gasteiger partial charge in [-0.05, 0) is 116 Å². The molecule has 14 rings (SSSR count). The van der Waals surface area contributed by atoms with Gasteiger partial charge < -0.3 is 13.6 Å². The van der Waals surface area contributed by atoms with Gasteiger partial charge in [0.1, 0.15) is 11.1 Å². The summed E-state index contributed by atoms with van der Waals surface area (Å²) in [6.07, 6.45) is 0. The summed E-state index contributed by atoms with van der Waals surface area (Å²) in [7, 11) is 0. The highest BCUT2D eigenvalue weighted by molar-refractivity contribution is 6.18. The highest BCUT2D eigenvalue weighted by atomic mass is 16.3. The van der Waals surface area contributed by atoms with Gasteiger partial charge in [0.25, 0.3) is 0 Å². The molecule has 0 aliphatic heterocycles. The number of rotatable bonds is 8. The Morgan fingerprint density at radius 2 is 0.620 bits per heavy atom. The number of benzene rings is 11. The van der Waals surface area contributed by atoms with Crippen LogP contribution in [0.5, 0.6) is 0 Å². The Bertz CT molecular complexity index is 4190. The Morgan fingerprint density at radius 3 is 1.15 bits per heavy atom. The van der Waals surface area contributed by atoms with Crippen molar-refractivity contribution in [1.82, 2.24) is 9.13 Å². The molecule has 0 N–H and O–H groups in total. The molecule has 71 heavy (non-hydrogen) atoms. The van der Waals surface area contributed by atoms with E-state index >= 15 is 0 Å². The second-order valence-electron chi connectivity index (χ2n) is 18.4. The van der Waals surface area contributed by atoms with Crippen LogP contribution in [0.3, 0.4) is 0 Å². The smallest absolute Gasteiger partial charge is 0.161 e. The number of hydrogen-bond acceptors (Lipinski definition) is 1. The van der Waals surface area contributed by atoms with E-state index in [9.17, 15) is 0 Å². The minimum Gasteiger partial charge on any atom is -0.454 e. The first-order valence-electron chi connectivity index (χ1n) is 24.3. The number of nitrogens with zero attached hydrogens (tertiary/aromatic N) is 2. The fraction of sp³-hybridized carbons (Fsp3) is 0. The maximum absolute atomic E-state index is 6.81. The summed E-state index contributed by atoms with van der Waals surface area (Å²) < 4.78 is 11.7. The number of hydrogen-bond donors (Lipinski definition) is 0. The monoisotopic (exact) mass is 904 g/mol. The molecular formula is C68H44N2O. The zero-order valence-corrected chi connectivity index (χ0v) is 38.7. The average Bonchev–Trinajstić information content (AvgIpc) is 4.10. The fourth-order valence-electron chi connectivity index (χ4n) is 11.1. The van der Waals surface area contributed by atoms with Gasteiger partial charge in [-0.25, -0.2) is 0 Å². The van der Waals surface area contributed by atoms with Gasteiger partial charge >= 0.3 is 0 Å². The lowest BCUT2D eigenvalue weighted by molar-refractivity contribution is 0.673. The summed E-state index contributed by atoms with van der Waals surface area (Å²) in [5.41, 5.74) is 22.5. The van der Waals surface area contributed by atoms with Crippen molar-refractivity contribution >= 4 is 54.8 Å². The van der Waals surface area contributed by atoms with Crippen LogP contribution in [0.2, 0.25) is 0 Å². The largest absolute Gasteiger partial charge is 0.454 e. The molecule has 332 valence electrons. The molecule has 0 radical (unpaired) electrons. The van der Waals surface area contributed by atoms with Crippen LogP contribution in [0.25, 0.3) is 133 Å². The van der Waals surface area contributed by atoms with Crippen LogP contribution in [0, 0.1) is 0 Å². The predicted octanol–water partition coefficient (Wildman–Crippen LogP) is 18.6. The van der Waals surface area contributed by atoms with E-state index in [-0.39, 0.29) is 0 Å². The van der Waals surface area contributed by atoms with E-state index in [1.165, 1.54) is 60.8 Å². The summed E-state index contributed by atoms with van der Waals surface area (Å²) in [4.78, 5) is 0. The van der Waals surface area contributed by atoms with Crippen LogP contribution in [0.1, 0.15) is 0 Å². The minimum atomic E-state index is 0.873. The topological polar surface area (TPSA) is 23.0 Å². The van der Waals surface area contributed by atoms with Gasteiger partial charge in [0.15, 0.2) is 5.58 Å². The molecule has 0 fully saturated rings. The maximum Gasteiger partial charge on any atom is 0.161 e. The Hall–Kier alpha value is -9.44. The molecule has 0 aliphatic rings. The third kappa shape index (κ3) is 6.66. The zero-order chi connectivity index (χ0) is 46.8. The van der Waals surface area contributed by atoms with Crippen molar-refractivity contribution in [3.63, 3.8) is 0 Å². The Morgan fingerprint density at radius 1 is 0.239 bits per heavy atom. The number of fused-ring (bicyclic) bond motifs is 8. The Balaban J connectivity index is 1.01. The van der Waals surface area contributed by atoms with E-state index in [0.29, 0.717) is 0 Å². The molecule has 0 atom stereocenters. The molecule has 0 bridgehead atoms. The minimum absolute atomic E-state index is 0.873. The first-order valence-corrected chi connectivity index (χ1v) is 24.3. The Labute approximate surface area is 411 Å². The lowest BCUT2D eigenvalue weighted by atomic mass is 9.92. The summed E-state index contributed by atoms with van der Waals surface area (Å²) in [6, 6.07) is 96.7. The normalized spacial score (nSPS) is 11.7. The number of aromatic nitrogens is 2. The summed E-state index contributed by atoms with van der Waals surface area (Å²) in [6.45, 7) is 0. The van der Waals surface area contributed by atoms with Crippen LogP contribution in [-0.4, -0.2) is 9.13 Å². The van der Waals surface area contributed by atoms with Crippen LogP contribution < -0.4 is 0 Å². The van der Waals surface area contributed by atoms with E-state index in [1.807, 2.05) is 0 Å². The molecule has 14 aromatic rings. The number of furan rings is 1. The molecule has 0 aliphatic carbocycles. The fourth-order valence-corrected chi connectivity index (χ4v) is 11.1. The highest BCUT2D eigenvalue weighted by Crippen LogP contribution is 2.46. The van der Waals surface area contributed by atoms with E-state index in [2.05, 4.69) is 276 Å². The van der Waals surface area contributed by atoms with E-state index in [4.69, 9.17) is 4.42 Å². The third-order valence-electron chi connectivity index (χ3n) is 14.4. The summed E-state index contributed by atoms with van der Waals surface area (Å²) in [5.74, 6) is 0. The molecule has 3 heteroatoms. The van der Waals surface area contributed by atoms with Gasteiger partial charge in [0.05, 0.1) is 27.9 Å². The molecule has 0 saturated carbocycles. The summed E-state index contributed by atoms with van der Waals surface area (Å²) >= 11 is 0. The van der Waals surface area contributed by atoms with Crippen molar-refractivity contribution in [1.29, 1.82) is 0 Å². The van der Waals surface area contributed by atoms with Gasteiger partial charge in [0, 0.05) is 32.7 Å². The van der Waals surface area contributed by atoms with Crippen LogP contribution in [-0.2, 0) is 0 Å². The van der Waals surface area contributed by atoms with Crippen LogP contribution in [0.4, 0.5) is 0 Å². The maximum atomic E-state index is 6.81. The van der Waals surface area contributed by atoms with Crippen LogP contribution in [0.15, 0.2) is 271 Å². The molecule has 3 aromatic heterocycles. The van der Waals surface area contributed by atoms with Gasteiger partial charge in [-0.3, -0.25) is 0 Å². The summed E-state index contributed by atoms with van der Waals surface area (Å²) in [5, 5.41) is 4.55. The lowest BCUT2D eigenvalue weighted by Gasteiger charge is -2.18. The third-order valence-corrected chi connectivity index (χ3v) is 14.4. The lowest BCUT2D eigenvalue weighted by Crippen LogP contribution is -2.01. The quantitative estimate of drug-likeness (QED) is 0.149. The first-order chi connectivity index (χ1) is 35.2. The van der Waals surface area contributed by atoms with Gasteiger partial charge in [-0.15, -0.1) is 0 Å². The van der Waals surface area contributed by atoms with E-state index in [0.717, 1.165) is 72.1 Å². The second kappa shape index (κ2) is 16.7. The van der Waals surface area contributed by atoms with Crippen molar-refractivity contribution in [2.75, 3.05) is 0 Å². The van der Waals surface area contributed by atoms with Gasteiger partial charge in [0.2, 0.25) is 0 Å².